The van der Waals surface area contributed by atoms with Gasteiger partial charge in [0.25, 0.3) is 0 Å². The lowest BCUT2D eigenvalue weighted by Crippen LogP contribution is -2.19. The maximum absolute atomic E-state index is 12.4. The number of thiol groups is 1. The average Bonchev–Trinajstić information content (AvgIpc) is 3.08. The van der Waals surface area contributed by atoms with Crippen LogP contribution in [0.2, 0.25) is 0 Å². The summed E-state index contributed by atoms with van der Waals surface area (Å²) in [6.45, 7) is 0. The number of amides is 2. The molecule has 0 bridgehead atoms. The zero-order chi connectivity index (χ0) is 17.9. The van der Waals surface area contributed by atoms with Gasteiger partial charge >= 0.3 is 6.03 Å². The SMILES string of the molecule is O=C(Nc1cccc(-n2nnnc2S)c1)Nc1cccc2ccccc12. The highest BCUT2D eigenvalue weighted by atomic mass is 32.1. The van der Waals surface area contributed by atoms with Gasteiger partial charge in [0.2, 0.25) is 5.16 Å². The predicted octanol–water partition coefficient (Wildman–Crippen LogP) is 3.75. The molecule has 0 saturated carbocycles. The molecule has 3 aromatic carbocycles. The normalized spacial score (nSPS) is 10.7. The fraction of sp³-hybridized carbons (Fsp3) is 0. The Labute approximate surface area is 154 Å². The van der Waals surface area contributed by atoms with E-state index in [4.69, 9.17) is 0 Å². The molecule has 2 N–H and O–H groups in total. The number of nitrogens with zero attached hydrogens (tertiary/aromatic N) is 4. The lowest BCUT2D eigenvalue weighted by atomic mass is 10.1. The summed E-state index contributed by atoms with van der Waals surface area (Å²) in [5.74, 6) is 0. The first-order chi connectivity index (χ1) is 12.7. The fourth-order valence-electron chi connectivity index (χ4n) is 2.68. The molecule has 0 saturated heterocycles. The Bertz CT molecular complexity index is 1090. The van der Waals surface area contributed by atoms with E-state index in [-0.39, 0.29) is 6.03 Å². The summed E-state index contributed by atoms with van der Waals surface area (Å²) in [7, 11) is 0. The van der Waals surface area contributed by atoms with Gasteiger partial charge in [-0.1, -0.05) is 42.5 Å². The standard InChI is InChI=1S/C18H14N6OS/c25-17(20-16-10-3-6-12-5-1-2-9-15(12)16)19-13-7-4-8-14(11-13)24-18(26)21-22-23-24/h1-11H,(H2,19,20,25)(H,21,23,26). The van der Waals surface area contributed by atoms with Crippen LogP contribution in [0.25, 0.3) is 16.5 Å². The number of carbonyl (C=O) groups is 1. The van der Waals surface area contributed by atoms with Gasteiger partial charge in [-0.25, -0.2) is 4.79 Å². The van der Waals surface area contributed by atoms with E-state index in [1.165, 1.54) is 4.68 Å². The van der Waals surface area contributed by atoms with E-state index in [1.54, 1.807) is 18.2 Å². The van der Waals surface area contributed by atoms with Crippen LogP contribution in [0.1, 0.15) is 0 Å². The van der Waals surface area contributed by atoms with Crippen molar-refractivity contribution in [3.05, 3.63) is 66.7 Å². The first kappa shape index (κ1) is 16.1. The molecule has 0 aliphatic carbocycles. The van der Waals surface area contributed by atoms with E-state index in [9.17, 15) is 4.79 Å². The van der Waals surface area contributed by atoms with Gasteiger partial charge in [0.1, 0.15) is 0 Å². The van der Waals surface area contributed by atoms with Crippen LogP contribution < -0.4 is 10.6 Å². The highest BCUT2D eigenvalue weighted by Gasteiger charge is 2.08. The van der Waals surface area contributed by atoms with Crippen LogP contribution >= 0.6 is 12.6 Å². The molecule has 26 heavy (non-hydrogen) atoms. The maximum Gasteiger partial charge on any atom is 0.323 e. The van der Waals surface area contributed by atoms with Gasteiger partial charge in [-0.3, -0.25) is 0 Å². The second-order valence-corrected chi connectivity index (χ2v) is 5.95. The highest BCUT2D eigenvalue weighted by molar-refractivity contribution is 7.80. The van der Waals surface area contributed by atoms with Crippen molar-refractivity contribution in [3.8, 4) is 5.69 Å². The number of urea groups is 1. The smallest absolute Gasteiger partial charge is 0.308 e. The first-order valence-corrected chi connectivity index (χ1v) is 8.29. The molecular formula is C18H14N6OS. The Morgan fingerprint density at radius 3 is 2.62 bits per heavy atom. The van der Waals surface area contributed by atoms with Gasteiger partial charge < -0.3 is 10.6 Å². The van der Waals surface area contributed by atoms with Gasteiger partial charge in [0.15, 0.2) is 0 Å². The van der Waals surface area contributed by atoms with Crippen molar-refractivity contribution in [1.82, 2.24) is 20.2 Å². The Morgan fingerprint density at radius 1 is 0.962 bits per heavy atom. The third kappa shape index (κ3) is 3.22. The maximum atomic E-state index is 12.4. The van der Waals surface area contributed by atoms with Crippen molar-refractivity contribution in [3.63, 3.8) is 0 Å². The number of rotatable bonds is 3. The minimum atomic E-state index is -0.332. The number of tetrazole rings is 1. The molecule has 0 unspecified atom stereocenters. The van der Waals surface area contributed by atoms with Gasteiger partial charge in [-0.15, -0.1) is 17.7 Å². The average molecular weight is 362 g/mol. The van der Waals surface area contributed by atoms with Gasteiger partial charge in [-0.05, 0) is 40.1 Å². The summed E-state index contributed by atoms with van der Waals surface area (Å²) in [6.07, 6.45) is 0. The van der Waals surface area contributed by atoms with Gasteiger partial charge in [-0.2, -0.15) is 4.68 Å². The highest BCUT2D eigenvalue weighted by Crippen LogP contribution is 2.23. The largest absolute Gasteiger partial charge is 0.323 e. The van der Waals surface area contributed by atoms with Crippen LogP contribution in [-0.2, 0) is 0 Å². The topological polar surface area (TPSA) is 84.7 Å². The summed E-state index contributed by atoms with van der Waals surface area (Å²) < 4.78 is 1.47. The van der Waals surface area contributed by atoms with E-state index in [0.717, 1.165) is 16.5 Å². The van der Waals surface area contributed by atoms with Crippen LogP contribution in [0.3, 0.4) is 0 Å². The third-order valence-electron chi connectivity index (χ3n) is 3.84. The molecule has 0 radical (unpaired) electrons. The lowest BCUT2D eigenvalue weighted by Gasteiger charge is -2.11. The van der Waals surface area contributed by atoms with Crippen LogP contribution in [-0.4, -0.2) is 26.2 Å². The molecule has 128 valence electrons. The molecule has 0 atom stereocenters. The van der Waals surface area contributed by atoms with E-state index in [1.807, 2.05) is 48.5 Å². The number of hydrogen-bond donors (Lipinski definition) is 3. The van der Waals surface area contributed by atoms with Crippen molar-refractivity contribution >= 4 is 40.8 Å². The molecule has 2 amide bonds. The molecule has 0 spiro atoms. The number of carbonyl (C=O) groups excluding carboxylic acids is 1. The molecule has 0 aliphatic heterocycles. The second-order valence-electron chi connectivity index (χ2n) is 5.55. The molecule has 0 fully saturated rings. The van der Waals surface area contributed by atoms with Crippen LogP contribution in [0.5, 0.6) is 0 Å². The van der Waals surface area contributed by atoms with E-state index < -0.39 is 0 Å². The summed E-state index contributed by atoms with van der Waals surface area (Å²) >= 11 is 4.19. The summed E-state index contributed by atoms with van der Waals surface area (Å²) in [4.78, 5) is 12.4. The summed E-state index contributed by atoms with van der Waals surface area (Å²) in [6, 6.07) is 20.5. The predicted molar refractivity (Wildman–Crippen MR) is 103 cm³/mol. The molecule has 4 aromatic rings. The Balaban J connectivity index is 1.54. The van der Waals surface area contributed by atoms with Crippen molar-refractivity contribution in [2.45, 2.75) is 5.16 Å². The number of fused-ring (bicyclic) bond motifs is 1. The minimum Gasteiger partial charge on any atom is -0.308 e. The van der Waals surface area contributed by atoms with Crippen LogP contribution in [0.15, 0.2) is 71.9 Å². The number of hydrogen-bond acceptors (Lipinski definition) is 5. The molecule has 1 heterocycles. The fourth-order valence-corrected chi connectivity index (χ4v) is 2.88. The van der Waals surface area contributed by atoms with Gasteiger partial charge in [0.05, 0.1) is 11.4 Å². The number of aromatic nitrogens is 4. The number of anilines is 2. The van der Waals surface area contributed by atoms with Gasteiger partial charge in [0, 0.05) is 11.1 Å². The number of nitrogens with one attached hydrogen (secondary N) is 2. The summed E-state index contributed by atoms with van der Waals surface area (Å²) in [5.41, 5.74) is 2.06. The number of benzene rings is 3. The molecule has 0 aliphatic rings. The Morgan fingerprint density at radius 2 is 1.77 bits per heavy atom. The quantitative estimate of drug-likeness (QED) is 0.485. The lowest BCUT2D eigenvalue weighted by molar-refractivity contribution is 0.262. The molecular weight excluding hydrogens is 348 g/mol. The van der Waals surface area contributed by atoms with Crippen molar-refractivity contribution < 1.29 is 4.79 Å². The zero-order valence-corrected chi connectivity index (χ0v) is 14.4. The van der Waals surface area contributed by atoms with Crippen molar-refractivity contribution in [1.29, 1.82) is 0 Å². The molecule has 7 nitrogen and oxygen atoms in total. The monoisotopic (exact) mass is 362 g/mol. The van der Waals surface area contributed by atoms with E-state index >= 15 is 0 Å². The Hall–Kier alpha value is -3.39. The first-order valence-electron chi connectivity index (χ1n) is 7.84. The third-order valence-corrected chi connectivity index (χ3v) is 4.12. The minimum absolute atomic E-state index is 0.332. The Kier molecular flexibility index (Phi) is 4.24. The van der Waals surface area contributed by atoms with Crippen LogP contribution in [0, 0.1) is 0 Å². The van der Waals surface area contributed by atoms with Crippen molar-refractivity contribution in [2.75, 3.05) is 10.6 Å². The van der Waals surface area contributed by atoms with Crippen LogP contribution in [0.4, 0.5) is 16.2 Å². The summed E-state index contributed by atoms with van der Waals surface area (Å²) in [5, 5.41) is 19.3. The molecule has 8 heteroatoms. The van der Waals surface area contributed by atoms with E-state index in [2.05, 4.69) is 38.8 Å². The molecule has 1 aromatic heterocycles. The van der Waals surface area contributed by atoms with Crippen molar-refractivity contribution in [2.24, 2.45) is 0 Å². The van der Waals surface area contributed by atoms with E-state index in [0.29, 0.717) is 16.5 Å². The zero-order valence-electron chi connectivity index (χ0n) is 13.5. The molecule has 4 rings (SSSR count). The second kappa shape index (κ2) is 6.85.